The lowest BCUT2D eigenvalue weighted by molar-refractivity contribution is 0.274. The average Bonchev–Trinajstić information content (AvgIpc) is 2.95. The van der Waals surface area contributed by atoms with Gasteiger partial charge in [-0.1, -0.05) is 52.3 Å². The van der Waals surface area contributed by atoms with Crippen molar-refractivity contribution in [2.45, 2.75) is 23.2 Å². The zero-order valence-electron chi connectivity index (χ0n) is 13.2. The van der Waals surface area contributed by atoms with Crippen molar-refractivity contribution in [3.63, 3.8) is 0 Å². The fraction of sp³-hybridized carbons (Fsp3) is 0.263. The van der Waals surface area contributed by atoms with Crippen LogP contribution in [0.25, 0.3) is 6.08 Å². The number of halogens is 1. The van der Waals surface area contributed by atoms with Crippen molar-refractivity contribution in [1.29, 1.82) is 0 Å². The number of hydrogen-bond donors (Lipinski definition) is 0. The van der Waals surface area contributed by atoms with E-state index in [1.54, 1.807) is 28.6 Å². The highest BCUT2D eigenvalue weighted by molar-refractivity contribution is 9.10. The molecule has 0 aromatic heterocycles. The summed E-state index contributed by atoms with van der Waals surface area (Å²) in [4.78, 5) is 0.365. The second-order valence-corrected chi connectivity index (χ2v) is 9.29. The molecule has 0 saturated carbocycles. The standard InChI is InChI=1S/C19H18BrNO2S/c20-16-5-7-17(8-6-16)24(22,23)21-13-11-19(12-14-21)10-9-15-3-1-2-4-18(15)19/h1-10H,11-14H2. The molecule has 24 heavy (non-hydrogen) atoms. The van der Waals surface area contributed by atoms with E-state index in [0.717, 1.165) is 17.3 Å². The molecule has 0 atom stereocenters. The molecule has 1 spiro atoms. The Labute approximate surface area is 151 Å². The van der Waals surface area contributed by atoms with Gasteiger partial charge in [-0.3, -0.25) is 0 Å². The maximum absolute atomic E-state index is 12.8. The van der Waals surface area contributed by atoms with Gasteiger partial charge in [0.25, 0.3) is 0 Å². The van der Waals surface area contributed by atoms with Gasteiger partial charge in [-0.05, 0) is 48.2 Å². The van der Waals surface area contributed by atoms with Crippen LogP contribution < -0.4 is 0 Å². The van der Waals surface area contributed by atoms with Gasteiger partial charge >= 0.3 is 0 Å². The summed E-state index contributed by atoms with van der Waals surface area (Å²) < 4.78 is 28.2. The first-order chi connectivity index (χ1) is 11.5. The lowest BCUT2D eigenvalue weighted by Gasteiger charge is -2.38. The Morgan fingerprint density at radius 1 is 0.958 bits per heavy atom. The van der Waals surface area contributed by atoms with Gasteiger partial charge in [0.1, 0.15) is 0 Å². The van der Waals surface area contributed by atoms with Gasteiger partial charge in [0, 0.05) is 23.0 Å². The third-order valence-electron chi connectivity index (χ3n) is 5.15. The Morgan fingerprint density at radius 2 is 1.62 bits per heavy atom. The summed E-state index contributed by atoms with van der Waals surface area (Å²) in [5.41, 5.74) is 2.61. The van der Waals surface area contributed by atoms with Gasteiger partial charge in [-0.15, -0.1) is 0 Å². The second kappa shape index (κ2) is 5.83. The van der Waals surface area contributed by atoms with E-state index in [0.29, 0.717) is 18.0 Å². The molecule has 2 aromatic carbocycles. The summed E-state index contributed by atoms with van der Waals surface area (Å²) in [7, 11) is -3.41. The van der Waals surface area contributed by atoms with Crippen LogP contribution in [0.1, 0.15) is 24.0 Å². The van der Waals surface area contributed by atoms with Crippen LogP contribution in [0.15, 0.2) is 64.0 Å². The van der Waals surface area contributed by atoms with E-state index in [1.807, 2.05) is 0 Å². The number of benzene rings is 2. The largest absolute Gasteiger partial charge is 0.243 e. The monoisotopic (exact) mass is 403 g/mol. The number of nitrogens with zero attached hydrogens (tertiary/aromatic N) is 1. The van der Waals surface area contributed by atoms with Gasteiger partial charge in [0.15, 0.2) is 0 Å². The molecule has 1 saturated heterocycles. The molecule has 5 heteroatoms. The Kier molecular flexibility index (Phi) is 3.90. The molecule has 124 valence electrons. The quantitative estimate of drug-likeness (QED) is 0.753. The summed E-state index contributed by atoms with van der Waals surface area (Å²) in [5, 5.41) is 0. The highest BCUT2D eigenvalue weighted by atomic mass is 79.9. The van der Waals surface area contributed by atoms with E-state index in [9.17, 15) is 8.42 Å². The van der Waals surface area contributed by atoms with E-state index >= 15 is 0 Å². The van der Waals surface area contributed by atoms with E-state index in [1.165, 1.54) is 11.1 Å². The van der Waals surface area contributed by atoms with Crippen molar-refractivity contribution < 1.29 is 8.42 Å². The molecule has 1 aliphatic heterocycles. The first kappa shape index (κ1) is 16.1. The van der Waals surface area contributed by atoms with Gasteiger partial charge in [-0.2, -0.15) is 4.31 Å². The molecule has 0 radical (unpaired) electrons. The normalized spacial score (nSPS) is 19.5. The lowest BCUT2D eigenvalue weighted by atomic mass is 9.75. The fourth-order valence-electron chi connectivity index (χ4n) is 3.75. The van der Waals surface area contributed by atoms with Crippen LogP contribution in [0, 0.1) is 0 Å². The third kappa shape index (κ3) is 2.55. The molecule has 0 N–H and O–H groups in total. The number of sulfonamides is 1. The topological polar surface area (TPSA) is 37.4 Å². The Balaban J connectivity index is 1.57. The lowest BCUT2D eigenvalue weighted by Crippen LogP contribution is -2.43. The predicted molar refractivity (Wildman–Crippen MR) is 99.3 cm³/mol. The van der Waals surface area contributed by atoms with Gasteiger partial charge in [0.2, 0.25) is 10.0 Å². The second-order valence-electron chi connectivity index (χ2n) is 6.43. The molecule has 3 nitrogen and oxygen atoms in total. The van der Waals surface area contributed by atoms with Gasteiger partial charge < -0.3 is 0 Å². The summed E-state index contributed by atoms with van der Waals surface area (Å²) in [6.45, 7) is 1.11. The fourth-order valence-corrected chi connectivity index (χ4v) is 5.46. The van der Waals surface area contributed by atoms with Gasteiger partial charge in [-0.25, -0.2) is 8.42 Å². The number of piperidine rings is 1. The number of fused-ring (bicyclic) bond motifs is 2. The summed E-state index contributed by atoms with van der Waals surface area (Å²) in [5.74, 6) is 0. The molecule has 4 rings (SSSR count). The molecule has 1 aliphatic carbocycles. The molecule has 0 amide bonds. The molecule has 0 bridgehead atoms. The van der Waals surface area contributed by atoms with Crippen molar-refractivity contribution in [1.82, 2.24) is 4.31 Å². The van der Waals surface area contributed by atoms with Crippen LogP contribution in [0.2, 0.25) is 0 Å². The molecular weight excluding hydrogens is 386 g/mol. The van der Waals surface area contributed by atoms with Crippen LogP contribution in [0.4, 0.5) is 0 Å². The zero-order valence-corrected chi connectivity index (χ0v) is 15.6. The number of allylic oxidation sites excluding steroid dienone is 1. The molecule has 2 aliphatic rings. The summed E-state index contributed by atoms with van der Waals surface area (Å²) in [6, 6.07) is 15.3. The Morgan fingerprint density at radius 3 is 2.33 bits per heavy atom. The SMILES string of the molecule is O=S(=O)(c1ccc(Br)cc1)N1CCC2(C=Cc3ccccc32)CC1. The van der Waals surface area contributed by atoms with E-state index in [4.69, 9.17) is 0 Å². The maximum atomic E-state index is 12.8. The van der Waals surface area contributed by atoms with Crippen molar-refractivity contribution in [3.05, 3.63) is 70.2 Å². The average molecular weight is 404 g/mol. The van der Waals surface area contributed by atoms with E-state index in [-0.39, 0.29) is 5.41 Å². The summed E-state index contributed by atoms with van der Waals surface area (Å²) in [6.07, 6.45) is 6.10. The van der Waals surface area contributed by atoms with Crippen molar-refractivity contribution >= 4 is 32.0 Å². The molecule has 2 aromatic rings. The number of rotatable bonds is 2. The van der Waals surface area contributed by atoms with Crippen LogP contribution in [-0.2, 0) is 15.4 Å². The highest BCUT2D eigenvalue weighted by Gasteiger charge is 2.40. The molecule has 0 unspecified atom stereocenters. The van der Waals surface area contributed by atoms with Crippen LogP contribution in [0.3, 0.4) is 0 Å². The zero-order chi connectivity index (χ0) is 16.8. The first-order valence-electron chi connectivity index (χ1n) is 8.06. The number of hydrogen-bond acceptors (Lipinski definition) is 2. The van der Waals surface area contributed by atoms with Crippen LogP contribution >= 0.6 is 15.9 Å². The highest BCUT2D eigenvalue weighted by Crippen LogP contribution is 2.44. The maximum Gasteiger partial charge on any atom is 0.243 e. The smallest absolute Gasteiger partial charge is 0.207 e. The van der Waals surface area contributed by atoms with Gasteiger partial charge in [0.05, 0.1) is 4.90 Å². The predicted octanol–water partition coefficient (Wildman–Crippen LogP) is 4.20. The Bertz CT molecular complexity index is 895. The van der Waals surface area contributed by atoms with E-state index in [2.05, 4.69) is 52.3 Å². The van der Waals surface area contributed by atoms with Crippen molar-refractivity contribution in [2.75, 3.05) is 13.1 Å². The molecule has 1 fully saturated rings. The van der Waals surface area contributed by atoms with Crippen molar-refractivity contribution in [3.8, 4) is 0 Å². The molecule has 1 heterocycles. The molecular formula is C19H18BrNO2S. The third-order valence-corrected chi connectivity index (χ3v) is 7.59. The minimum atomic E-state index is -3.41. The minimum Gasteiger partial charge on any atom is -0.207 e. The van der Waals surface area contributed by atoms with E-state index < -0.39 is 10.0 Å². The van der Waals surface area contributed by atoms with Crippen LogP contribution in [-0.4, -0.2) is 25.8 Å². The minimum absolute atomic E-state index is 0.00231. The summed E-state index contributed by atoms with van der Waals surface area (Å²) >= 11 is 3.35. The Hall–Kier alpha value is -1.43. The van der Waals surface area contributed by atoms with Crippen molar-refractivity contribution in [2.24, 2.45) is 0 Å². The van der Waals surface area contributed by atoms with Crippen LogP contribution in [0.5, 0.6) is 0 Å². The first-order valence-corrected chi connectivity index (χ1v) is 10.3.